The van der Waals surface area contributed by atoms with Gasteiger partial charge in [-0.05, 0) is 55.6 Å². The van der Waals surface area contributed by atoms with Gasteiger partial charge in [-0.25, -0.2) is 0 Å². The van der Waals surface area contributed by atoms with Crippen LogP contribution in [0.25, 0.3) is 0 Å². The highest BCUT2D eigenvalue weighted by molar-refractivity contribution is 7.98. The Morgan fingerprint density at radius 2 is 1.79 bits per heavy atom. The van der Waals surface area contributed by atoms with Crippen LogP contribution in [0.2, 0.25) is 0 Å². The van der Waals surface area contributed by atoms with Crippen molar-refractivity contribution in [1.29, 1.82) is 0 Å². The van der Waals surface area contributed by atoms with Gasteiger partial charge in [-0.2, -0.15) is 13.2 Å². The van der Waals surface area contributed by atoms with Crippen LogP contribution in [0.15, 0.2) is 23.1 Å². The van der Waals surface area contributed by atoms with Gasteiger partial charge in [-0.15, -0.1) is 11.8 Å². The summed E-state index contributed by atoms with van der Waals surface area (Å²) in [5.41, 5.74) is -0.405. The Balaban J connectivity index is 1.49. The molecule has 3 rings (SSSR count). The van der Waals surface area contributed by atoms with E-state index < -0.39 is 11.8 Å². The Bertz CT molecular complexity index is 655. The number of anilines is 1. The van der Waals surface area contributed by atoms with Crippen molar-refractivity contribution in [3.63, 3.8) is 0 Å². The second kappa shape index (κ2) is 8.81. The maximum absolute atomic E-state index is 12.9. The summed E-state index contributed by atoms with van der Waals surface area (Å²) in [6, 6.07) is 6.13. The fourth-order valence-corrected chi connectivity index (χ4v) is 4.87. The standard InChI is InChI=1S/C20H29F3N2O2S/c1-28-18-12-17(3-2-16(18)14-26)25-10-8-24(9-11-25)13-15-4-6-19(27,7-5-15)20(21,22)23/h2-3,12,15,26-27H,4-11,13-14H2,1H3. The van der Waals surface area contributed by atoms with Crippen molar-refractivity contribution in [2.45, 2.75) is 49.0 Å². The molecule has 1 saturated heterocycles. The molecule has 1 saturated carbocycles. The summed E-state index contributed by atoms with van der Waals surface area (Å²) in [4.78, 5) is 5.74. The van der Waals surface area contributed by atoms with Crippen LogP contribution in [-0.2, 0) is 6.61 Å². The first-order chi connectivity index (χ1) is 13.3. The lowest BCUT2D eigenvalue weighted by Crippen LogP contribution is -2.51. The quantitative estimate of drug-likeness (QED) is 0.717. The normalized spacial score (nSPS) is 27.2. The molecule has 1 aromatic rings. The number of halogens is 3. The SMILES string of the molecule is CSc1cc(N2CCN(CC3CCC(O)(C(F)(F)F)CC3)CC2)ccc1CO. The second-order valence-corrected chi connectivity index (χ2v) is 8.76. The van der Waals surface area contributed by atoms with E-state index in [0.29, 0.717) is 12.8 Å². The van der Waals surface area contributed by atoms with Crippen LogP contribution in [-0.4, -0.2) is 65.9 Å². The molecule has 4 nitrogen and oxygen atoms in total. The van der Waals surface area contributed by atoms with E-state index in [4.69, 9.17) is 0 Å². The molecule has 8 heteroatoms. The largest absolute Gasteiger partial charge is 0.417 e. The number of thioether (sulfide) groups is 1. The number of hydrogen-bond donors (Lipinski definition) is 2. The number of aliphatic hydroxyl groups excluding tert-OH is 1. The van der Waals surface area contributed by atoms with Gasteiger partial charge in [0.15, 0.2) is 5.60 Å². The summed E-state index contributed by atoms with van der Waals surface area (Å²) in [6.07, 6.45) is -2.04. The lowest BCUT2D eigenvalue weighted by atomic mass is 9.78. The lowest BCUT2D eigenvalue weighted by Gasteiger charge is -2.41. The maximum atomic E-state index is 12.9. The molecule has 0 bridgehead atoms. The molecule has 1 heterocycles. The summed E-state index contributed by atoms with van der Waals surface area (Å²) in [5.74, 6) is 0.223. The van der Waals surface area contributed by atoms with Crippen molar-refractivity contribution >= 4 is 17.4 Å². The molecular formula is C20H29F3N2O2S. The molecule has 2 fully saturated rings. The molecule has 0 radical (unpaired) electrons. The third-order valence-electron chi connectivity index (χ3n) is 6.15. The molecular weight excluding hydrogens is 389 g/mol. The highest BCUT2D eigenvalue weighted by Crippen LogP contribution is 2.43. The van der Waals surface area contributed by atoms with Crippen molar-refractivity contribution in [3.05, 3.63) is 23.8 Å². The van der Waals surface area contributed by atoms with E-state index in [0.717, 1.165) is 48.9 Å². The Morgan fingerprint density at radius 3 is 2.32 bits per heavy atom. The van der Waals surface area contributed by atoms with Crippen LogP contribution in [0.1, 0.15) is 31.2 Å². The molecule has 1 aliphatic heterocycles. The predicted octanol–water partition coefficient (Wildman–Crippen LogP) is 3.51. The van der Waals surface area contributed by atoms with E-state index in [1.54, 1.807) is 11.8 Å². The minimum absolute atomic E-state index is 0.0368. The highest BCUT2D eigenvalue weighted by atomic mass is 32.2. The maximum Gasteiger partial charge on any atom is 0.417 e. The number of benzene rings is 1. The van der Waals surface area contributed by atoms with Crippen molar-refractivity contribution < 1.29 is 23.4 Å². The zero-order chi connectivity index (χ0) is 20.4. The van der Waals surface area contributed by atoms with Gasteiger partial charge < -0.3 is 15.1 Å². The molecule has 1 aromatic carbocycles. The van der Waals surface area contributed by atoms with Gasteiger partial charge in [0.1, 0.15) is 0 Å². The van der Waals surface area contributed by atoms with Crippen molar-refractivity contribution in [2.24, 2.45) is 5.92 Å². The molecule has 2 N–H and O–H groups in total. The smallest absolute Gasteiger partial charge is 0.392 e. The Morgan fingerprint density at radius 1 is 1.14 bits per heavy atom. The van der Waals surface area contributed by atoms with Crippen LogP contribution in [0, 0.1) is 5.92 Å². The molecule has 28 heavy (non-hydrogen) atoms. The number of alkyl halides is 3. The summed E-state index contributed by atoms with van der Waals surface area (Å²) in [7, 11) is 0. The van der Waals surface area contributed by atoms with Crippen LogP contribution < -0.4 is 4.90 Å². The third-order valence-corrected chi connectivity index (χ3v) is 6.97. The first-order valence-corrected chi connectivity index (χ1v) is 11.0. The van der Waals surface area contributed by atoms with E-state index in [9.17, 15) is 23.4 Å². The first-order valence-electron chi connectivity index (χ1n) is 9.80. The zero-order valence-electron chi connectivity index (χ0n) is 16.2. The number of aliphatic hydroxyl groups is 2. The Hall–Kier alpha value is -0.960. The zero-order valence-corrected chi connectivity index (χ0v) is 17.0. The highest BCUT2D eigenvalue weighted by Gasteiger charge is 2.54. The average Bonchev–Trinajstić information content (AvgIpc) is 2.69. The molecule has 0 spiro atoms. The number of piperazine rings is 1. The average molecular weight is 419 g/mol. The fraction of sp³-hybridized carbons (Fsp3) is 0.700. The minimum atomic E-state index is -4.52. The van der Waals surface area contributed by atoms with Crippen LogP contribution >= 0.6 is 11.8 Å². The topological polar surface area (TPSA) is 46.9 Å². The van der Waals surface area contributed by atoms with Gasteiger partial charge in [-0.3, -0.25) is 4.90 Å². The van der Waals surface area contributed by atoms with Crippen LogP contribution in [0.3, 0.4) is 0 Å². The summed E-state index contributed by atoms with van der Waals surface area (Å²) in [5, 5.41) is 19.2. The number of hydrogen-bond acceptors (Lipinski definition) is 5. The molecule has 0 atom stereocenters. The van der Waals surface area contributed by atoms with Gasteiger partial charge in [-0.1, -0.05) is 6.07 Å². The van der Waals surface area contributed by atoms with E-state index in [1.165, 1.54) is 0 Å². The summed E-state index contributed by atoms with van der Waals surface area (Å²) < 4.78 is 38.8. The summed E-state index contributed by atoms with van der Waals surface area (Å²) >= 11 is 1.63. The van der Waals surface area contributed by atoms with Crippen LogP contribution in [0.4, 0.5) is 18.9 Å². The molecule has 2 aliphatic rings. The van der Waals surface area contributed by atoms with Crippen molar-refractivity contribution in [2.75, 3.05) is 43.9 Å². The van der Waals surface area contributed by atoms with Crippen LogP contribution in [0.5, 0.6) is 0 Å². The van der Waals surface area contributed by atoms with Crippen molar-refractivity contribution in [3.8, 4) is 0 Å². The Labute approximate surface area is 168 Å². The number of rotatable bonds is 5. The van der Waals surface area contributed by atoms with E-state index in [1.807, 2.05) is 18.4 Å². The fourth-order valence-electron chi connectivity index (χ4n) is 4.24. The molecule has 0 unspecified atom stereocenters. The van der Waals surface area contributed by atoms with E-state index in [-0.39, 0.29) is 25.4 Å². The second-order valence-electron chi connectivity index (χ2n) is 7.91. The van der Waals surface area contributed by atoms with Gasteiger partial charge in [0.25, 0.3) is 0 Å². The monoisotopic (exact) mass is 418 g/mol. The Kier molecular flexibility index (Phi) is 6.84. The van der Waals surface area contributed by atoms with Gasteiger partial charge >= 0.3 is 6.18 Å². The van der Waals surface area contributed by atoms with Crippen molar-refractivity contribution in [1.82, 2.24) is 4.90 Å². The van der Waals surface area contributed by atoms with Gasteiger partial charge in [0.05, 0.1) is 6.61 Å². The molecule has 158 valence electrons. The van der Waals surface area contributed by atoms with E-state index >= 15 is 0 Å². The lowest BCUT2D eigenvalue weighted by molar-refractivity contribution is -0.272. The molecule has 0 aromatic heterocycles. The summed E-state index contributed by atoms with van der Waals surface area (Å²) in [6.45, 7) is 4.38. The van der Waals surface area contributed by atoms with Gasteiger partial charge in [0.2, 0.25) is 0 Å². The number of nitrogens with zero attached hydrogens (tertiary/aromatic N) is 2. The van der Waals surface area contributed by atoms with E-state index in [2.05, 4.69) is 15.9 Å². The minimum Gasteiger partial charge on any atom is -0.392 e. The predicted molar refractivity (Wildman–Crippen MR) is 106 cm³/mol. The van der Waals surface area contributed by atoms with Gasteiger partial charge in [0, 0.05) is 43.3 Å². The molecule has 0 amide bonds. The molecule has 1 aliphatic carbocycles. The third kappa shape index (κ3) is 4.78. The first kappa shape index (κ1) is 21.7.